The van der Waals surface area contributed by atoms with Gasteiger partial charge in [0.2, 0.25) is 6.29 Å². The van der Waals surface area contributed by atoms with Crippen molar-refractivity contribution in [3.8, 4) is 11.5 Å². The Morgan fingerprint density at radius 2 is 1.83 bits per heavy atom. The highest BCUT2D eigenvalue weighted by atomic mass is 16.7. The van der Waals surface area contributed by atoms with Crippen molar-refractivity contribution in [1.82, 2.24) is 0 Å². The second-order valence-electron chi connectivity index (χ2n) is 5.43. The van der Waals surface area contributed by atoms with Gasteiger partial charge in [0.05, 0.1) is 6.61 Å². The van der Waals surface area contributed by atoms with Crippen LogP contribution in [-0.4, -0.2) is 62.8 Å². The average molecular weight is 340 g/mol. The maximum atomic E-state index is 11.3. The third-order valence-corrected chi connectivity index (χ3v) is 3.79. The topological polar surface area (TPSA) is 150 Å². The van der Waals surface area contributed by atoms with E-state index in [4.69, 9.17) is 19.0 Å². The molecule has 1 aromatic carbocycles. The molecule has 5 N–H and O–H groups in total. The summed E-state index contributed by atoms with van der Waals surface area (Å²) >= 11 is 0. The highest BCUT2D eigenvalue weighted by molar-refractivity contribution is 5.80. The lowest BCUT2D eigenvalue weighted by molar-refractivity contribution is -0.277. The lowest BCUT2D eigenvalue weighted by Gasteiger charge is -2.39. The fourth-order valence-electron chi connectivity index (χ4n) is 2.47. The Bertz CT molecular complexity index is 784. The number of aliphatic hydroxyl groups excluding tert-OH is 4. The maximum Gasteiger partial charge on any atom is 0.336 e. The third-order valence-electron chi connectivity index (χ3n) is 3.79. The van der Waals surface area contributed by atoms with E-state index >= 15 is 0 Å². The molecule has 0 spiro atoms. The van der Waals surface area contributed by atoms with Crippen LogP contribution in [0.15, 0.2) is 33.5 Å². The van der Waals surface area contributed by atoms with Crippen molar-refractivity contribution in [3.05, 3.63) is 34.7 Å². The zero-order chi connectivity index (χ0) is 17.4. The quantitative estimate of drug-likeness (QED) is 0.429. The summed E-state index contributed by atoms with van der Waals surface area (Å²) in [7, 11) is 0. The van der Waals surface area contributed by atoms with Gasteiger partial charge < -0.3 is 39.4 Å². The second-order valence-corrected chi connectivity index (χ2v) is 5.43. The van der Waals surface area contributed by atoms with E-state index in [-0.39, 0.29) is 17.1 Å². The first kappa shape index (κ1) is 16.7. The van der Waals surface area contributed by atoms with Crippen LogP contribution < -0.4 is 10.4 Å². The molecule has 130 valence electrons. The Morgan fingerprint density at radius 1 is 1.08 bits per heavy atom. The van der Waals surface area contributed by atoms with Crippen molar-refractivity contribution in [2.45, 2.75) is 30.7 Å². The summed E-state index contributed by atoms with van der Waals surface area (Å²) < 4.78 is 15.5. The molecule has 24 heavy (non-hydrogen) atoms. The van der Waals surface area contributed by atoms with Crippen LogP contribution >= 0.6 is 0 Å². The number of aliphatic hydroxyl groups is 4. The molecule has 9 heteroatoms. The Morgan fingerprint density at radius 3 is 2.54 bits per heavy atom. The van der Waals surface area contributed by atoms with E-state index in [1.165, 1.54) is 24.3 Å². The van der Waals surface area contributed by atoms with E-state index in [0.717, 1.165) is 0 Å². The van der Waals surface area contributed by atoms with Crippen molar-refractivity contribution in [2.75, 3.05) is 6.61 Å². The molecule has 1 aromatic heterocycles. The number of benzene rings is 1. The lowest BCUT2D eigenvalue weighted by Crippen LogP contribution is -2.60. The summed E-state index contributed by atoms with van der Waals surface area (Å²) in [5.41, 5.74) is -0.452. The van der Waals surface area contributed by atoms with Gasteiger partial charge in [-0.1, -0.05) is 0 Å². The number of hydrogen-bond donors (Lipinski definition) is 5. The van der Waals surface area contributed by atoms with E-state index in [1.54, 1.807) is 0 Å². The number of phenolic OH excluding ortho intramolecular Hbond substituents is 1. The fourth-order valence-corrected chi connectivity index (χ4v) is 2.47. The van der Waals surface area contributed by atoms with Gasteiger partial charge in [0, 0.05) is 17.5 Å². The zero-order valence-corrected chi connectivity index (χ0v) is 12.3. The van der Waals surface area contributed by atoms with Crippen LogP contribution in [0.4, 0.5) is 0 Å². The minimum absolute atomic E-state index is 0.139. The van der Waals surface area contributed by atoms with E-state index in [0.29, 0.717) is 5.39 Å². The first-order chi connectivity index (χ1) is 11.4. The molecule has 0 radical (unpaired) electrons. The highest BCUT2D eigenvalue weighted by Gasteiger charge is 2.44. The first-order valence-electron chi connectivity index (χ1n) is 7.15. The fraction of sp³-hybridized carbons (Fsp3) is 0.400. The van der Waals surface area contributed by atoms with Gasteiger partial charge in [-0.15, -0.1) is 0 Å². The third kappa shape index (κ3) is 2.95. The van der Waals surface area contributed by atoms with Crippen LogP contribution in [0.25, 0.3) is 11.0 Å². The van der Waals surface area contributed by atoms with Crippen molar-refractivity contribution < 1.29 is 39.4 Å². The molecular weight excluding hydrogens is 324 g/mol. The molecule has 1 aliphatic heterocycles. The smallest absolute Gasteiger partial charge is 0.336 e. The minimum Gasteiger partial charge on any atom is -0.504 e. The molecule has 5 atom stereocenters. The summed E-state index contributed by atoms with van der Waals surface area (Å²) in [6, 6.07) is 5.17. The summed E-state index contributed by atoms with van der Waals surface area (Å²) in [6.07, 6.45) is -7.36. The Kier molecular flexibility index (Phi) is 4.43. The number of hydrogen-bond acceptors (Lipinski definition) is 9. The van der Waals surface area contributed by atoms with E-state index < -0.39 is 42.9 Å². The molecule has 2 heterocycles. The van der Waals surface area contributed by atoms with Crippen molar-refractivity contribution >= 4 is 11.0 Å². The van der Waals surface area contributed by atoms with Crippen LogP contribution in [-0.2, 0) is 4.74 Å². The van der Waals surface area contributed by atoms with Gasteiger partial charge in [-0.05, 0) is 12.1 Å². The number of phenols is 1. The lowest BCUT2D eigenvalue weighted by atomic mass is 9.99. The van der Waals surface area contributed by atoms with Crippen LogP contribution in [0, 0.1) is 0 Å². The van der Waals surface area contributed by atoms with Crippen LogP contribution in [0.3, 0.4) is 0 Å². The standard InChI is InChI=1S/C15H16O9/c16-5-10-12(19)13(20)14(21)15(24-10)23-9-4-8-6(3-7(9)17)1-2-11(18)22-8/h1-4,10,12-17,19-21H,5H2/t10-,12-,13+,14-,15-/m1/s1. The number of ether oxygens (including phenoxy) is 2. The van der Waals surface area contributed by atoms with E-state index in [1.807, 2.05) is 0 Å². The number of fused-ring (bicyclic) bond motifs is 1. The first-order valence-corrected chi connectivity index (χ1v) is 7.15. The summed E-state index contributed by atoms with van der Waals surface area (Å²) in [6.45, 7) is -0.608. The van der Waals surface area contributed by atoms with Gasteiger partial charge in [0.25, 0.3) is 0 Å². The molecule has 3 rings (SSSR count). The van der Waals surface area contributed by atoms with Crippen molar-refractivity contribution in [3.63, 3.8) is 0 Å². The molecule has 1 fully saturated rings. The monoisotopic (exact) mass is 340 g/mol. The van der Waals surface area contributed by atoms with Gasteiger partial charge >= 0.3 is 5.63 Å². The van der Waals surface area contributed by atoms with Crippen molar-refractivity contribution in [2.24, 2.45) is 0 Å². The Balaban J connectivity index is 1.90. The molecule has 0 unspecified atom stereocenters. The highest BCUT2D eigenvalue weighted by Crippen LogP contribution is 2.33. The molecule has 0 saturated carbocycles. The predicted octanol–water partition coefficient (Wildman–Crippen LogP) is -1.32. The molecule has 2 aromatic rings. The van der Waals surface area contributed by atoms with Gasteiger partial charge in [-0.3, -0.25) is 0 Å². The molecular formula is C15H16O9. The zero-order valence-electron chi connectivity index (χ0n) is 12.3. The largest absolute Gasteiger partial charge is 0.504 e. The normalized spacial score (nSPS) is 30.4. The maximum absolute atomic E-state index is 11.3. The van der Waals surface area contributed by atoms with E-state index in [9.17, 15) is 25.2 Å². The second kappa shape index (κ2) is 6.38. The molecule has 0 bridgehead atoms. The molecule has 0 amide bonds. The predicted molar refractivity (Wildman–Crippen MR) is 78.5 cm³/mol. The molecule has 9 nitrogen and oxygen atoms in total. The van der Waals surface area contributed by atoms with Gasteiger partial charge in [-0.25, -0.2) is 4.79 Å². The minimum atomic E-state index is -1.62. The van der Waals surface area contributed by atoms with Gasteiger partial charge in [0.15, 0.2) is 11.5 Å². The van der Waals surface area contributed by atoms with E-state index in [2.05, 4.69) is 0 Å². The molecule has 0 aliphatic carbocycles. The van der Waals surface area contributed by atoms with Crippen LogP contribution in [0.1, 0.15) is 0 Å². The number of rotatable bonds is 3. The average Bonchev–Trinajstić information content (AvgIpc) is 2.56. The Labute approximate surface area is 134 Å². The summed E-state index contributed by atoms with van der Waals surface area (Å²) in [4.78, 5) is 11.3. The van der Waals surface area contributed by atoms with Gasteiger partial charge in [0.1, 0.15) is 30.0 Å². The van der Waals surface area contributed by atoms with Crippen LogP contribution in [0.2, 0.25) is 0 Å². The van der Waals surface area contributed by atoms with Crippen molar-refractivity contribution in [1.29, 1.82) is 0 Å². The molecule has 1 saturated heterocycles. The summed E-state index contributed by atoms with van der Waals surface area (Å²) in [5, 5.41) is 49.0. The SMILES string of the molecule is O=c1ccc2cc(O)c(O[C@@H]3O[C@H](CO)[C@@H](O)[C@H](O)[C@H]3O)cc2o1. The summed E-state index contributed by atoms with van der Waals surface area (Å²) in [5.74, 6) is -0.477. The van der Waals surface area contributed by atoms with Gasteiger partial charge in [-0.2, -0.15) is 0 Å². The number of aromatic hydroxyl groups is 1. The van der Waals surface area contributed by atoms with Crippen LogP contribution in [0.5, 0.6) is 11.5 Å². The molecule has 1 aliphatic rings. The Hall–Kier alpha value is -2.17.